The first-order valence-corrected chi connectivity index (χ1v) is 7.58. The number of carbonyl (C=O) groups is 1. The van der Waals surface area contributed by atoms with Crippen molar-refractivity contribution in [2.24, 2.45) is 0 Å². The molecule has 2 rings (SSSR count). The van der Waals surface area contributed by atoms with Crippen molar-refractivity contribution in [2.45, 2.75) is 30.8 Å². The van der Waals surface area contributed by atoms with Crippen LogP contribution in [0.2, 0.25) is 5.02 Å². The van der Waals surface area contributed by atoms with Crippen LogP contribution in [-0.2, 0) is 27.8 Å². The fourth-order valence-corrected chi connectivity index (χ4v) is 3.19. The molecule has 1 unspecified atom stereocenters. The lowest BCUT2D eigenvalue weighted by molar-refractivity contribution is -0.139. The molecule has 6 heteroatoms. The van der Waals surface area contributed by atoms with Gasteiger partial charge < -0.3 is 9.84 Å². The highest BCUT2D eigenvalue weighted by atomic mass is 35.5. The van der Waals surface area contributed by atoms with Crippen molar-refractivity contribution in [3.05, 3.63) is 28.3 Å². The normalized spacial score (nSPS) is 15.7. The van der Waals surface area contributed by atoms with Crippen LogP contribution in [-0.4, -0.2) is 26.6 Å². The molecule has 0 amide bonds. The molecule has 4 nitrogen and oxygen atoms in total. The van der Waals surface area contributed by atoms with Gasteiger partial charge in [0, 0.05) is 27.8 Å². The van der Waals surface area contributed by atoms with E-state index in [-0.39, 0.29) is 5.75 Å². The highest BCUT2D eigenvalue weighted by Crippen LogP contribution is 2.34. The van der Waals surface area contributed by atoms with E-state index in [1.54, 1.807) is 6.07 Å². The Balaban J connectivity index is 2.30. The van der Waals surface area contributed by atoms with Gasteiger partial charge in [-0.05, 0) is 31.5 Å². The van der Waals surface area contributed by atoms with Crippen LogP contribution in [0.1, 0.15) is 25.0 Å². The van der Waals surface area contributed by atoms with Crippen molar-refractivity contribution in [3.8, 4) is 5.75 Å². The molecule has 1 aromatic carbocycles. The lowest BCUT2D eigenvalue weighted by Crippen LogP contribution is -2.37. The van der Waals surface area contributed by atoms with E-state index in [4.69, 9.17) is 21.4 Å². The molecule has 1 atom stereocenters. The maximum atomic E-state index is 12.2. The predicted octanol–water partition coefficient (Wildman–Crippen LogP) is 2.39. The number of hydrogen-bond acceptors (Lipinski definition) is 3. The topological polar surface area (TPSA) is 63.6 Å². The van der Waals surface area contributed by atoms with Crippen molar-refractivity contribution >= 4 is 28.4 Å². The minimum Gasteiger partial charge on any atom is -0.493 e. The molecular formula is C13H15ClO4S. The van der Waals surface area contributed by atoms with Gasteiger partial charge in [0.1, 0.15) is 10.5 Å². The van der Waals surface area contributed by atoms with E-state index in [9.17, 15) is 9.00 Å². The maximum Gasteiger partial charge on any atom is 0.321 e. The second kappa shape index (κ2) is 5.13. The van der Waals surface area contributed by atoms with Crippen LogP contribution < -0.4 is 4.74 Å². The molecule has 0 aromatic heterocycles. The van der Waals surface area contributed by atoms with Gasteiger partial charge in [0.2, 0.25) is 0 Å². The van der Waals surface area contributed by atoms with Crippen LogP contribution in [0.4, 0.5) is 0 Å². The third-order valence-corrected chi connectivity index (χ3v) is 5.30. The molecule has 19 heavy (non-hydrogen) atoms. The van der Waals surface area contributed by atoms with Gasteiger partial charge in [0.15, 0.2) is 0 Å². The zero-order valence-electron chi connectivity index (χ0n) is 10.7. The average molecular weight is 303 g/mol. The first-order chi connectivity index (χ1) is 8.82. The number of fused-ring (bicyclic) bond motifs is 1. The Morgan fingerprint density at radius 1 is 1.53 bits per heavy atom. The standard InChI is InChI=1S/C13H15ClO4S/c1-13(2,12(15)16)19(17)7-9-6-10(14)5-8-3-4-18-11(8)9/h5-6H,3-4,7H2,1-2H3,(H,15,16). The summed E-state index contributed by atoms with van der Waals surface area (Å²) in [5, 5.41) is 9.65. The van der Waals surface area contributed by atoms with E-state index in [2.05, 4.69) is 0 Å². The molecule has 1 N–H and O–H groups in total. The van der Waals surface area contributed by atoms with Crippen molar-refractivity contribution < 1.29 is 18.8 Å². The molecule has 0 spiro atoms. The average Bonchev–Trinajstić information content (AvgIpc) is 2.76. The van der Waals surface area contributed by atoms with Gasteiger partial charge in [0.25, 0.3) is 0 Å². The van der Waals surface area contributed by atoms with E-state index >= 15 is 0 Å². The summed E-state index contributed by atoms with van der Waals surface area (Å²) in [6.07, 6.45) is 0.776. The minimum absolute atomic E-state index is 0.127. The second-order valence-electron chi connectivity index (χ2n) is 4.96. The van der Waals surface area contributed by atoms with Crippen LogP contribution in [0.15, 0.2) is 12.1 Å². The summed E-state index contributed by atoms with van der Waals surface area (Å²) in [5.41, 5.74) is 1.71. The van der Waals surface area contributed by atoms with E-state index < -0.39 is 21.5 Å². The van der Waals surface area contributed by atoms with Gasteiger partial charge in [-0.15, -0.1) is 0 Å². The molecule has 0 aliphatic carbocycles. The Morgan fingerprint density at radius 3 is 2.84 bits per heavy atom. The zero-order chi connectivity index (χ0) is 14.2. The number of benzene rings is 1. The third-order valence-electron chi connectivity index (χ3n) is 3.20. The zero-order valence-corrected chi connectivity index (χ0v) is 12.3. The van der Waals surface area contributed by atoms with E-state index in [1.165, 1.54) is 13.8 Å². The highest BCUT2D eigenvalue weighted by Gasteiger charge is 2.35. The largest absolute Gasteiger partial charge is 0.493 e. The summed E-state index contributed by atoms with van der Waals surface area (Å²) in [6, 6.07) is 3.53. The summed E-state index contributed by atoms with van der Waals surface area (Å²) in [6.45, 7) is 3.49. The monoisotopic (exact) mass is 302 g/mol. The second-order valence-corrected chi connectivity index (χ2v) is 7.39. The molecule has 0 saturated carbocycles. The van der Waals surface area contributed by atoms with Gasteiger partial charge in [-0.25, -0.2) is 0 Å². The van der Waals surface area contributed by atoms with Crippen LogP contribution >= 0.6 is 11.6 Å². The first-order valence-electron chi connectivity index (χ1n) is 5.88. The minimum atomic E-state index is -1.55. The Labute approximate surface area is 119 Å². The molecule has 1 aromatic rings. The van der Waals surface area contributed by atoms with Crippen LogP contribution in [0.25, 0.3) is 0 Å². The van der Waals surface area contributed by atoms with Crippen molar-refractivity contribution in [3.63, 3.8) is 0 Å². The Bertz CT molecular complexity index is 554. The smallest absolute Gasteiger partial charge is 0.321 e. The third kappa shape index (κ3) is 2.77. The molecule has 1 aliphatic rings. The Morgan fingerprint density at radius 2 is 2.21 bits per heavy atom. The number of hydrogen-bond donors (Lipinski definition) is 1. The van der Waals surface area contributed by atoms with Crippen molar-refractivity contribution in [2.75, 3.05) is 6.61 Å². The van der Waals surface area contributed by atoms with E-state index in [1.807, 2.05) is 6.07 Å². The van der Waals surface area contributed by atoms with E-state index in [0.717, 1.165) is 12.0 Å². The highest BCUT2D eigenvalue weighted by molar-refractivity contribution is 7.86. The number of carboxylic acid groups (broad SMARTS) is 1. The summed E-state index contributed by atoms with van der Waals surface area (Å²) >= 11 is 6.02. The van der Waals surface area contributed by atoms with Gasteiger partial charge in [-0.1, -0.05) is 11.6 Å². The molecule has 0 fully saturated rings. The number of ether oxygens (including phenoxy) is 1. The predicted molar refractivity (Wildman–Crippen MR) is 74.2 cm³/mol. The number of halogens is 1. The van der Waals surface area contributed by atoms with Crippen LogP contribution in [0, 0.1) is 0 Å². The molecular weight excluding hydrogens is 288 g/mol. The Kier molecular flexibility index (Phi) is 3.87. The summed E-state index contributed by atoms with van der Waals surface area (Å²) in [5.74, 6) is -0.244. The SMILES string of the molecule is CC(C)(C(=O)O)S(=O)Cc1cc(Cl)cc2c1OCC2. The molecule has 0 bridgehead atoms. The fourth-order valence-electron chi connectivity index (χ4n) is 1.87. The summed E-state index contributed by atoms with van der Waals surface area (Å²) in [4.78, 5) is 11.1. The lowest BCUT2D eigenvalue weighted by atomic mass is 10.1. The molecule has 0 radical (unpaired) electrons. The number of aliphatic carboxylic acids is 1. The Hall–Kier alpha value is -1.07. The fraction of sp³-hybridized carbons (Fsp3) is 0.462. The lowest BCUT2D eigenvalue weighted by Gasteiger charge is -2.19. The molecule has 1 heterocycles. The van der Waals surface area contributed by atoms with Crippen LogP contribution in [0.5, 0.6) is 5.75 Å². The van der Waals surface area contributed by atoms with Gasteiger partial charge >= 0.3 is 5.97 Å². The van der Waals surface area contributed by atoms with Crippen molar-refractivity contribution in [1.29, 1.82) is 0 Å². The van der Waals surface area contributed by atoms with Crippen molar-refractivity contribution in [1.82, 2.24) is 0 Å². The first kappa shape index (κ1) is 14.3. The van der Waals surface area contributed by atoms with Gasteiger partial charge in [-0.3, -0.25) is 9.00 Å². The molecule has 0 saturated heterocycles. The van der Waals surface area contributed by atoms with Gasteiger partial charge in [0.05, 0.1) is 12.4 Å². The van der Waals surface area contributed by atoms with E-state index in [0.29, 0.717) is 22.9 Å². The number of carboxylic acids is 1. The maximum absolute atomic E-state index is 12.2. The molecule has 104 valence electrons. The summed E-state index contributed by atoms with van der Waals surface area (Å²) < 4.78 is 16.4. The number of rotatable bonds is 4. The quantitative estimate of drug-likeness (QED) is 0.927. The van der Waals surface area contributed by atoms with Gasteiger partial charge in [-0.2, -0.15) is 0 Å². The summed E-state index contributed by atoms with van der Waals surface area (Å²) in [7, 11) is -1.55. The molecule has 1 aliphatic heterocycles. The van der Waals surface area contributed by atoms with Crippen LogP contribution in [0.3, 0.4) is 0 Å².